The molecule has 1 unspecified atom stereocenters. The first-order chi connectivity index (χ1) is 3.43. The summed E-state index contributed by atoms with van der Waals surface area (Å²) in [6.07, 6.45) is 6.49. The molecule has 0 aromatic rings. The molecule has 0 saturated heterocycles. The van der Waals surface area contributed by atoms with Crippen LogP contribution in [0.25, 0.3) is 0 Å². The normalized spacial score (nSPS) is 23.8. The minimum atomic E-state index is 0. The molecule has 0 spiro atoms. The quantitative estimate of drug-likeness (QED) is 0.519. The third kappa shape index (κ3) is 5.18. The van der Waals surface area contributed by atoms with E-state index in [1.165, 1.54) is 0 Å². The fourth-order valence-corrected chi connectivity index (χ4v) is 0.905. The predicted molar refractivity (Wildman–Crippen MR) is 27.7 cm³/mol. The van der Waals surface area contributed by atoms with E-state index in [1.54, 1.807) is 0 Å². The molecule has 2 radical (unpaired) electrons. The van der Waals surface area contributed by atoms with E-state index in [-0.39, 0.29) is 65.4 Å². The van der Waals surface area contributed by atoms with Crippen LogP contribution < -0.4 is 0 Å². The van der Waals surface area contributed by atoms with Crippen LogP contribution in [0.3, 0.4) is 0 Å². The van der Waals surface area contributed by atoms with E-state index in [0.717, 1.165) is 25.5 Å². The minimum Gasteiger partial charge on any atom is -0.328 e. The Labute approximate surface area is 106 Å². The van der Waals surface area contributed by atoms with Crippen molar-refractivity contribution in [2.24, 2.45) is 5.92 Å². The molecular formula is C6H9OY2-. The fourth-order valence-electron chi connectivity index (χ4n) is 0.905. The van der Waals surface area contributed by atoms with Gasteiger partial charge in [-0.15, -0.1) is 0 Å². The molecule has 9 heavy (non-hydrogen) atoms. The molecule has 46 valence electrons. The fraction of sp³-hybridized carbons (Fsp3) is 0.667. The number of hydrogen-bond acceptors (Lipinski definition) is 1. The van der Waals surface area contributed by atoms with Gasteiger partial charge in [0.2, 0.25) is 0 Å². The minimum absolute atomic E-state index is 0. The number of carbonyl (C=O) groups excluding carboxylic acids is 1. The standard InChI is InChI=1S/C6H9O.2Y/c7-5-6-3-1-2-4-6;;/h1,5-6H,2-4H2;;/q-1;;. The van der Waals surface area contributed by atoms with Crippen molar-refractivity contribution in [3.63, 3.8) is 0 Å². The molecule has 0 amide bonds. The van der Waals surface area contributed by atoms with Crippen molar-refractivity contribution in [3.05, 3.63) is 6.42 Å². The van der Waals surface area contributed by atoms with E-state index in [2.05, 4.69) is 6.42 Å². The second-order valence-electron chi connectivity index (χ2n) is 2.00. The first-order valence-corrected chi connectivity index (χ1v) is 2.70. The maximum atomic E-state index is 9.99. The third-order valence-corrected chi connectivity index (χ3v) is 1.40. The SMILES string of the molecule is O=CC1C[CH-]CC1.[Y].[Y]. The molecule has 1 nitrogen and oxygen atoms in total. The Bertz CT molecular complexity index is 69.5. The number of hydrogen-bond donors (Lipinski definition) is 0. The van der Waals surface area contributed by atoms with Crippen LogP contribution in [0.1, 0.15) is 19.3 Å². The number of rotatable bonds is 1. The van der Waals surface area contributed by atoms with Gasteiger partial charge in [-0.1, -0.05) is 6.42 Å². The van der Waals surface area contributed by atoms with Crippen LogP contribution >= 0.6 is 0 Å². The zero-order valence-electron chi connectivity index (χ0n) is 5.42. The smallest absolute Gasteiger partial charge is 0.120 e. The van der Waals surface area contributed by atoms with Crippen LogP contribution in [0.2, 0.25) is 0 Å². The van der Waals surface area contributed by atoms with E-state index in [0.29, 0.717) is 5.92 Å². The number of aldehydes is 1. The van der Waals surface area contributed by atoms with Crippen molar-refractivity contribution in [3.8, 4) is 0 Å². The van der Waals surface area contributed by atoms with Crippen LogP contribution in [0.4, 0.5) is 0 Å². The topological polar surface area (TPSA) is 17.1 Å². The molecule has 1 aliphatic rings. The zero-order valence-corrected chi connectivity index (χ0v) is 11.1. The summed E-state index contributed by atoms with van der Waals surface area (Å²) < 4.78 is 0. The molecule has 0 heterocycles. The van der Waals surface area contributed by atoms with Gasteiger partial charge >= 0.3 is 0 Å². The Balaban J connectivity index is 0. The summed E-state index contributed by atoms with van der Waals surface area (Å²) >= 11 is 0. The maximum absolute atomic E-state index is 9.99. The molecule has 0 bridgehead atoms. The van der Waals surface area contributed by atoms with Crippen molar-refractivity contribution in [1.82, 2.24) is 0 Å². The van der Waals surface area contributed by atoms with E-state index < -0.39 is 0 Å². The van der Waals surface area contributed by atoms with E-state index >= 15 is 0 Å². The molecular weight excluding hydrogens is 266 g/mol. The van der Waals surface area contributed by atoms with Gasteiger partial charge in [0.15, 0.2) is 0 Å². The summed E-state index contributed by atoms with van der Waals surface area (Å²) in [5.74, 6) is 0.361. The van der Waals surface area contributed by atoms with Crippen LogP contribution in [-0.2, 0) is 70.2 Å². The third-order valence-electron chi connectivity index (χ3n) is 1.40. The summed E-state index contributed by atoms with van der Waals surface area (Å²) in [6.45, 7) is 0. The van der Waals surface area contributed by atoms with Gasteiger partial charge in [-0.05, 0) is 5.92 Å². The van der Waals surface area contributed by atoms with E-state index in [9.17, 15) is 4.79 Å². The summed E-state index contributed by atoms with van der Waals surface area (Å²) in [6, 6.07) is 0. The van der Waals surface area contributed by atoms with Gasteiger partial charge in [0.05, 0.1) is 0 Å². The first kappa shape index (κ1) is 13.5. The second-order valence-corrected chi connectivity index (χ2v) is 2.00. The van der Waals surface area contributed by atoms with Gasteiger partial charge in [-0.2, -0.15) is 12.8 Å². The molecule has 1 atom stereocenters. The van der Waals surface area contributed by atoms with Crippen LogP contribution in [-0.4, -0.2) is 6.29 Å². The summed E-state index contributed by atoms with van der Waals surface area (Å²) in [5, 5.41) is 0. The maximum Gasteiger partial charge on any atom is 0.120 e. The zero-order chi connectivity index (χ0) is 5.11. The molecule has 1 aliphatic carbocycles. The summed E-state index contributed by atoms with van der Waals surface area (Å²) in [4.78, 5) is 9.99. The van der Waals surface area contributed by atoms with Gasteiger partial charge in [0.1, 0.15) is 6.29 Å². The Morgan fingerprint density at radius 2 is 2.11 bits per heavy atom. The Hall–Kier alpha value is 1.88. The molecule has 1 fully saturated rings. The van der Waals surface area contributed by atoms with Crippen LogP contribution in [0.15, 0.2) is 0 Å². The molecule has 3 heteroatoms. The van der Waals surface area contributed by atoms with Crippen LogP contribution in [0, 0.1) is 12.3 Å². The van der Waals surface area contributed by atoms with Crippen molar-refractivity contribution in [2.75, 3.05) is 0 Å². The molecule has 0 aromatic carbocycles. The van der Waals surface area contributed by atoms with Gasteiger partial charge in [-0.3, -0.25) is 0 Å². The average molecular weight is 275 g/mol. The van der Waals surface area contributed by atoms with Gasteiger partial charge in [-0.25, -0.2) is 0 Å². The average Bonchev–Trinajstić information content (AvgIpc) is 2.14. The Morgan fingerprint density at radius 3 is 2.33 bits per heavy atom. The van der Waals surface area contributed by atoms with Crippen molar-refractivity contribution < 1.29 is 70.2 Å². The first-order valence-electron chi connectivity index (χ1n) is 2.70. The molecule has 0 N–H and O–H groups in total. The summed E-state index contributed by atoms with van der Waals surface area (Å²) in [7, 11) is 0. The van der Waals surface area contributed by atoms with Gasteiger partial charge in [0, 0.05) is 65.4 Å². The van der Waals surface area contributed by atoms with Crippen LogP contribution in [0.5, 0.6) is 0 Å². The monoisotopic (exact) mass is 275 g/mol. The van der Waals surface area contributed by atoms with E-state index in [1.807, 2.05) is 0 Å². The molecule has 1 rings (SSSR count). The Morgan fingerprint density at radius 1 is 1.44 bits per heavy atom. The molecule has 0 aromatic heterocycles. The van der Waals surface area contributed by atoms with E-state index in [4.69, 9.17) is 0 Å². The predicted octanol–water partition coefficient (Wildman–Crippen LogP) is 1.18. The molecule has 1 saturated carbocycles. The largest absolute Gasteiger partial charge is 0.328 e. The van der Waals surface area contributed by atoms with Crippen molar-refractivity contribution in [1.29, 1.82) is 0 Å². The van der Waals surface area contributed by atoms with Crippen molar-refractivity contribution in [2.45, 2.75) is 19.3 Å². The second kappa shape index (κ2) is 7.98. The summed E-state index contributed by atoms with van der Waals surface area (Å²) in [5.41, 5.74) is 0. The van der Waals surface area contributed by atoms with Crippen molar-refractivity contribution >= 4 is 6.29 Å². The molecule has 0 aliphatic heterocycles. The van der Waals surface area contributed by atoms with Gasteiger partial charge < -0.3 is 11.2 Å². The van der Waals surface area contributed by atoms with Gasteiger partial charge in [0.25, 0.3) is 0 Å². The Kier molecular flexibility index (Phi) is 11.9. The number of carbonyl (C=O) groups is 1.